The van der Waals surface area contributed by atoms with E-state index in [9.17, 15) is 5.11 Å². The Hall–Kier alpha value is -0.300. The highest BCUT2D eigenvalue weighted by Gasteiger charge is 1.83. The minimum Gasteiger partial charge on any atom is -0.237 e. The van der Waals surface area contributed by atoms with Gasteiger partial charge in [-0.15, -0.1) is 0 Å². The Labute approximate surface area is 57.4 Å². The summed E-state index contributed by atoms with van der Waals surface area (Å²) >= 11 is 0. The average molecular weight is 127 g/mol. The normalized spacial score (nSPS) is 10.9. The molecule has 1 heteroatoms. The minimum atomic E-state index is 0.0931. The molecule has 0 aromatic rings. The average Bonchev–Trinajstić information content (AvgIpc) is 1.89. The minimum absolute atomic E-state index is 0.0931. The van der Waals surface area contributed by atoms with E-state index in [0.717, 1.165) is 19.3 Å². The van der Waals surface area contributed by atoms with Crippen molar-refractivity contribution in [3.8, 4) is 0 Å². The zero-order valence-electron chi connectivity index (χ0n) is 6.10. The third-order valence-corrected chi connectivity index (χ3v) is 1.25. The number of hydrogen-bond donors (Lipinski definition) is 0. The van der Waals surface area contributed by atoms with E-state index < -0.39 is 0 Å². The lowest BCUT2D eigenvalue weighted by atomic mass is 10.2. The second kappa shape index (κ2) is 7.70. The lowest BCUT2D eigenvalue weighted by molar-refractivity contribution is 0.186. The molecule has 9 heavy (non-hydrogen) atoms. The summed E-state index contributed by atoms with van der Waals surface area (Å²) in [5.74, 6) is 0. The first-order valence-corrected chi connectivity index (χ1v) is 3.61. The van der Waals surface area contributed by atoms with Crippen LogP contribution >= 0.6 is 0 Å². The van der Waals surface area contributed by atoms with E-state index >= 15 is 0 Å². The summed E-state index contributed by atoms with van der Waals surface area (Å²) in [7, 11) is 0. The van der Waals surface area contributed by atoms with Crippen LogP contribution in [0.1, 0.15) is 32.6 Å². The third kappa shape index (κ3) is 7.70. The summed E-state index contributed by atoms with van der Waals surface area (Å²) in [5, 5.41) is 9.94. The van der Waals surface area contributed by atoms with Gasteiger partial charge in [0.1, 0.15) is 0 Å². The predicted octanol–water partition coefficient (Wildman–Crippen LogP) is 2.55. The Morgan fingerprint density at radius 2 is 2.00 bits per heavy atom. The number of allylic oxidation sites excluding steroid dienone is 2. The van der Waals surface area contributed by atoms with Crippen LogP contribution in [0.15, 0.2) is 12.2 Å². The van der Waals surface area contributed by atoms with Gasteiger partial charge in [-0.1, -0.05) is 18.6 Å². The SMILES string of the molecule is CC=CCCCCC[O]. The summed E-state index contributed by atoms with van der Waals surface area (Å²) in [5.41, 5.74) is 0. The van der Waals surface area contributed by atoms with Gasteiger partial charge in [0.2, 0.25) is 0 Å². The van der Waals surface area contributed by atoms with Gasteiger partial charge in [0, 0.05) is 0 Å². The van der Waals surface area contributed by atoms with Gasteiger partial charge in [0.25, 0.3) is 0 Å². The van der Waals surface area contributed by atoms with Crippen LogP contribution in [0.2, 0.25) is 0 Å². The van der Waals surface area contributed by atoms with Crippen molar-refractivity contribution in [1.29, 1.82) is 0 Å². The van der Waals surface area contributed by atoms with Crippen molar-refractivity contribution in [2.75, 3.05) is 6.61 Å². The molecule has 0 heterocycles. The standard InChI is InChI=1S/C8H15O/c1-2-3-4-5-6-7-8-9/h2-3H,4-8H2,1H3. The van der Waals surface area contributed by atoms with E-state index in [0.29, 0.717) is 0 Å². The maximum Gasteiger partial charge on any atom is 0.0822 e. The fourth-order valence-corrected chi connectivity index (χ4v) is 0.708. The molecule has 0 aliphatic carbocycles. The topological polar surface area (TPSA) is 19.9 Å². The summed E-state index contributed by atoms with van der Waals surface area (Å²) in [6.45, 7) is 2.11. The molecule has 0 aromatic carbocycles. The molecule has 0 aliphatic rings. The first-order valence-electron chi connectivity index (χ1n) is 3.61. The Bertz CT molecular complexity index is 67.0. The molecule has 53 valence electrons. The van der Waals surface area contributed by atoms with Gasteiger partial charge in [-0.25, -0.2) is 5.11 Å². The number of unbranched alkanes of at least 4 members (excludes halogenated alkanes) is 3. The Morgan fingerprint density at radius 3 is 2.56 bits per heavy atom. The number of hydrogen-bond acceptors (Lipinski definition) is 0. The van der Waals surface area contributed by atoms with Gasteiger partial charge in [-0.05, 0) is 26.2 Å². The fraction of sp³-hybridized carbons (Fsp3) is 0.750. The maximum atomic E-state index is 9.94. The van der Waals surface area contributed by atoms with Crippen LogP contribution in [0.3, 0.4) is 0 Å². The van der Waals surface area contributed by atoms with Gasteiger partial charge in [0.05, 0.1) is 6.61 Å². The molecular weight excluding hydrogens is 112 g/mol. The summed E-state index contributed by atoms with van der Waals surface area (Å²) < 4.78 is 0. The molecule has 0 bridgehead atoms. The van der Waals surface area contributed by atoms with Gasteiger partial charge in [-0.3, -0.25) is 0 Å². The Balaban J connectivity index is 2.75. The van der Waals surface area contributed by atoms with Crippen LogP contribution in [0.25, 0.3) is 0 Å². The van der Waals surface area contributed by atoms with E-state index in [1.54, 1.807) is 0 Å². The maximum absolute atomic E-state index is 9.94. The van der Waals surface area contributed by atoms with E-state index in [-0.39, 0.29) is 6.61 Å². The van der Waals surface area contributed by atoms with Crippen molar-refractivity contribution in [2.45, 2.75) is 32.6 Å². The molecule has 0 fully saturated rings. The highest BCUT2D eigenvalue weighted by atomic mass is 16.2. The first kappa shape index (κ1) is 8.70. The second-order valence-corrected chi connectivity index (χ2v) is 2.12. The first-order chi connectivity index (χ1) is 4.41. The van der Waals surface area contributed by atoms with E-state index in [1.165, 1.54) is 6.42 Å². The van der Waals surface area contributed by atoms with Crippen LogP contribution in [0, 0.1) is 0 Å². The third-order valence-electron chi connectivity index (χ3n) is 1.25. The van der Waals surface area contributed by atoms with Crippen LogP contribution in [-0.4, -0.2) is 6.61 Å². The predicted molar refractivity (Wildman–Crippen MR) is 38.8 cm³/mol. The molecule has 1 radical (unpaired) electrons. The largest absolute Gasteiger partial charge is 0.237 e. The van der Waals surface area contributed by atoms with E-state index in [2.05, 4.69) is 12.2 Å². The highest BCUT2D eigenvalue weighted by molar-refractivity contribution is 4.75. The van der Waals surface area contributed by atoms with Crippen molar-refractivity contribution in [2.24, 2.45) is 0 Å². The monoisotopic (exact) mass is 127 g/mol. The van der Waals surface area contributed by atoms with Gasteiger partial charge in [-0.2, -0.15) is 0 Å². The smallest absolute Gasteiger partial charge is 0.0822 e. The lowest BCUT2D eigenvalue weighted by Crippen LogP contribution is -1.79. The van der Waals surface area contributed by atoms with Gasteiger partial charge >= 0.3 is 0 Å². The van der Waals surface area contributed by atoms with Crippen molar-refractivity contribution < 1.29 is 5.11 Å². The molecule has 0 saturated carbocycles. The Morgan fingerprint density at radius 1 is 1.22 bits per heavy atom. The fourth-order valence-electron chi connectivity index (χ4n) is 0.708. The summed E-state index contributed by atoms with van der Waals surface area (Å²) in [6.07, 6.45) is 8.44. The zero-order chi connectivity index (χ0) is 6.95. The van der Waals surface area contributed by atoms with Crippen molar-refractivity contribution in [3.05, 3.63) is 12.2 Å². The van der Waals surface area contributed by atoms with Crippen LogP contribution in [-0.2, 0) is 5.11 Å². The van der Waals surface area contributed by atoms with Crippen molar-refractivity contribution in [1.82, 2.24) is 0 Å². The summed E-state index contributed by atoms with van der Waals surface area (Å²) in [4.78, 5) is 0. The molecule has 0 unspecified atom stereocenters. The van der Waals surface area contributed by atoms with Crippen molar-refractivity contribution in [3.63, 3.8) is 0 Å². The second-order valence-electron chi connectivity index (χ2n) is 2.12. The molecule has 1 nitrogen and oxygen atoms in total. The lowest BCUT2D eigenvalue weighted by Gasteiger charge is -1.91. The highest BCUT2D eigenvalue weighted by Crippen LogP contribution is 1.99. The van der Waals surface area contributed by atoms with Crippen LogP contribution in [0.4, 0.5) is 0 Å². The molecule has 0 aromatic heterocycles. The van der Waals surface area contributed by atoms with Crippen LogP contribution < -0.4 is 0 Å². The van der Waals surface area contributed by atoms with Crippen molar-refractivity contribution >= 4 is 0 Å². The molecule has 0 N–H and O–H groups in total. The molecule has 0 amide bonds. The number of rotatable bonds is 5. The molecular formula is C8H15O. The van der Waals surface area contributed by atoms with Gasteiger partial charge < -0.3 is 0 Å². The van der Waals surface area contributed by atoms with Crippen LogP contribution in [0.5, 0.6) is 0 Å². The molecule has 0 spiro atoms. The Kier molecular flexibility index (Phi) is 7.44. The summed E-state index contributed by atoms with van der Waals surface area (Å²) in [6, 6.07) is 0. The molecule has 0 aliphatic heterocycles. The zero-order valence-corrected chi connectivity index (χ0v) is 6.10. The quantitative estimate of drug-likeness (QED) is 0.399. The molecule has 0 saturated heterocycles. The molecule has 0 rings (SSSR count). The van der Waals surface area contributed by atoms with E-state index in [4.69, 9.17) is 0 Å². The van der Waals surface area contributed by atoms with E-state index in [1.807, 2.05) is 6.92 Å². The molecule has 0 atom stereocenters. The van der Waals surface area contributed by atoms with Gasteiger partial charge in [0.15, 0.2) is 0 Å².